The van der Waals surface area contributed by atoms with Crippen LogP contribution in [0.15, 0.2) is 11.6 Å². The molecule has 3 N–H and O–H groups in total. The first-order chi connectivity index (χ1) is 9.06. The molecule has 0 aromatic rings. The minimum atomic E-state index is -0.874. The van der Waals surface area contributed by atoms with Crippen molar-refractivity contribution in [1.29, 1.82) is 0 Å². The molecular weight excluding hydrogens is 320 g/mol. The summed E-state index contributed by atoms with van der Waals surface area (Å²) in [4.78, 5) is 24.6. The summed E-state index contributed by atoms with van der Waals surface area (Å²) >= 11 is 3.19. The van der Waals surface area contributed by atoms with E-state index in [1.165, 1.54) is 4.90 Å². The minimum Gasteiger partial charge on any atom is -0.394 e. The lowest BCUT2D eigenvalue weighted by atomic mass is 10.1. The van der Waals surface area contributed by atoms with Crippen LogP contribution < -0.4 is 5.32 Å². The molecular formula is C11H15BrN2O5. The van der Waals surface area contributed by atoms with Crippen molar-refractivity contribution in [2.45, 2.75) is 24.9 Å². The number of rotatable bonds is 3. The van der Waals surface area contributed by atoms with Crippen LogP contribution in [0.4, 0.5) is 4.79 Å². The lowest BCUT2D eigenvalue weighted by molar-refractivity contribution is -0.120. The van der Waals surface area contributed by atoms with Crippen molar-refractivity contribution in [3.63, 3.8) is 0 Å². The van der Waals surface area contributed by atoms with Gasteiger partial charge < -0.3 is 14.9 Å². The molecule has 2 fully saturated rings. The Morgan fingerprint density at radius 1 is 1.53 bits per heavy atom. The Balaban J connectivity index is 2.13. The molecule has 3 amide bonds. The van der Waals surface area contributed by atoms with Crippen LogP contribution in [-0.2, 0) is 9.53 Å². The molecule has 8 heteroatoms. The summed E-state index contributed by atoms with van der Waals surface area (Å²) < 4.78 is 5.41. The third-order valence-corrected chi connectivity index (χ3v) is 3.44. The van der Waals surface area contributed by atoms with Crippen molar-refractivity contribution >= 4 is 27.9 Å². The monoisotopic (exact) mass is 334 g/mol. The maximum Gasteiger partial charge on any atom is 0.326 e. The molecule has 0 saturated carbocycles. The van der Waals surface area contributed by atoms with Gasteiger partial charge in [0.1, 0.15) is 6.10 Å². The van der Waals surface area contributed by atoms with Crippen LogP contribution in [0, 0.1) is 0 Å². The molecule has 0 aromatic carbocycles. The standard InChI is InChI=1S/C11H15BrN2O5/c12-2-1-6-4-14(11(18)13-9(6)17)10-8(16)3-7(5-15)19-10/h1,7-8,10,15-16H,2-5H2,(H,13,17,18)/t7-,8?,10+/m1/s1. The van der Waals surface area contributed by atoms with E-state index in [-0.39, 0.29) is 19.6 Å². The maximum absolute atomic E-state index is 11.8. The van der Waals surface area contributed by atoms with E-state index in [0.717, 1.165) is 0 Å². The summed E-state index contributed by atoms with van der Waals surface area (Å²) in [5, 5.41) is 21.6. The van der Waals surface area contributed by atoms with Gasteiger partial charge in [-0.2, -0.15) is 0 Å². The number of nitrogens with zero attached hydrogens (tertiary/aromatic N) is 1. The highest BCUT2D eigenvalue weighted by molar-refractivity contribution is 9.09. The zero-order valence-electron chi connectivity index (χ0n) is 10.1. The van der Waals surface area contributed by atoms with Crippen molar-refractivity contribution in [3.05, 3.63) is 11.6 Å². The number of carbonyl (C=O) groups is 2. The van der Waals surface area contributed by atoms with Crippen LogP contribution in [-0.4, -0.2) is 64.0 Å². The molecule has 1 unspecified atom stereocenters. The van der Waals surface area contributed by atoms with Gasteiger partial charge in [-0.1, -0.05) is 22.0 Å². The first-order valence-corrected chi connectivity index (χ1v) is 7.00. The normalized spacial score (nSPS) is 33.9. The van der Waals surface area contributed by atoms with Gasteiger partial charge in [-0.15, -0.1) is 0 Å². The maximum atomic E-state index is 11.8. The first-order valence-electron chi connectivity index (χ1n) is 5.88. The van der Waals surface area contributed by atoms with Crippen LogP contribution in [0.1, 0.15) is 6.42 Å². The Morgan fingerprint density at radius 2 is 2.26 bits per heavy atom. The van der Waals surface area contributed by atoms with Gasteiger partial charge in [0.2, 0.25) is 0 Å². The molecule has 7 nitrogen and oxygen atoms in total. The quantitative estimate of drug-likeness (QED) is 0.469. The topological polar surface area (TPSA) is 99.1 Å². The van der Waals surface area contributed by atoms with Crippen molar-refractivity contribution in [2.24, 2.45) is 0 Å². The first kappa shape index (κ1) is 14.4. The third kappa shape index (κ3) is 2.97. The van der Waals surface area contributed by atoms with Gasteiger partial charge in [0.05, 0.1) is 19.3 Å². The Labute approximate surface area is 118 Å². The molecule has 0 spiro atoms. The highest BCUT2D eigenvalue weighted by Crippen LogP contribution is 2.25. The average molecular weight is 335 g/mol. The zero-order valence-corrected chi connectivity index (χ0v) is 11.7. The molecule has 2 aliphatic rings. The number of hydrogen-bond donors (Lipinski definition) is 3. The van der Waals surface area contributed by atoms with Crippen molar-refractivity contribution in [2.75, 3.05) is 18.5 Å². The SMILES string of the molecule is O=C1NC(=O)N([C@H]2O[C@@H](CO)CC2O)CC1=CCBr. The van der Waals surface area contributed by atoms with Crippen molar-refractivity contribution < 1.29 is 24.5 Å². The predicted octanol–water partition coefficient (Wildman–Crippen LogP) is -0.672. The van der Waals surface area contributed by atoms with E-state index in [0.29, 0.717) is 10.9 Å². The Kier molecular flexibility index (Phi) is 4.56. The van der Waals surface area contributed by atoms with Gasteiger partial charge in [0.25, 0.3) is 5.91 Å². The van der Waals surface area contributed by atoms with E-state index >= 15 is 0 Å². The molecule has 0 radical (unpaired) electrons. The van der Waals surface area contributed by atoms with E-state index in [9.17, 15) is 14.7 Å². The van der Waals surface area contributed by atoms with Gasteiger partial charge in [-0.25, -0.2) is 4.79 Å². The second-order valence-electron chi connectivity index (χ2n) is 4.41. The van der Waals surface area contributed by atoms with Crippen LogP contribution in [0.5, 0.6) is 0 Å². The lowest BCUT2D eigenvalue weighted by Crippen LogP contribution is -2.57. The summed E-state index contributed by atoms with van der Waals surface area (Å²) in [6, 6.07) is -0.598. The number of allylic oxidation sites excluding steroid dienone is 1. The summed E-state index contributed by atoms with van der Waals surface area (Å²) in [5.41, 5.74) is 0.430. The number of aliphatic hydroxyl groups excluding tert-OH is 2. The van der Waals surface area contributed by atoms with Gasteiger partial charge >= 0.3 is 6.03 Å². The number of alkyl halides is 1. The number of amides is 3. The van der Waals surface area contributed by atoms with Crippen LogP contribution in [0.3, 0.4) is 0 Å². The summed E-state index contributed by atoms with van der Waals surface area (Å²) in [7, 11) is 0. The fourth-order valence-corrected chi connectivity index (χ4v) is 2.55. The van der Waals surface area contributed by atoms with Crippen LogP contribution in [0.25, 0.3) is 0 Å². The van der Waals surface area contributed by atoms with Crippen molar-refractivity contribution in [1.82, 2.24) is 10.2 Å². The Morgan fingerprint density at radius 3 is 2.84 bits per heavy atom. The van der Waals surface area contributed by atoms with Gasteiger partial charge in [-0.05, 0) is 0 Å². The van der Waals surface area contributed by atoms with E-state index in [4.69, 9.17) is 9.84 Å². The van der Waals surface area contributed by atoms with Crippen molar-refractivity contribution in [3.8, 4) is 0 Å². The molecule has 2 heterocycles. The van der Waals surface area contributed by atoms with Gasteiger partial charge in [0.15, 0.2) is 6.23 Å². The highest BCUT2D eigenvalue weighted by atomic mass is 79.9. The number of imide groups is 1. The van der Waals surface area contributed by atoms with Gasteiger partial charge in [-0.3, -0.25) is 15.0 Å². The molecule has 19 heavy (non-hydrogen) atoms. The highest BCUT2D eigenvalue weighted by Gasteiger charge is 2.42. The van der Waals surface area contributed by atoms with Crippen LogP contribution >= 0.6 is 15.9 Å². The average Bonchev–Trinajstić information content (AvgIpc) is 2.74. The number of ether oxygens (including phenoxy) is 1. The summed E-state index contributed by atoms with van der Waals surface area (Å²) in [5.74, 6) is -0.438. The molecule has 0 aromatic heterocycles. The molecule has 3 atom stereocenters. The second-order valence-corrected chi connectivity index (χ2v) is 5.05. The van der Waals surface area contributed by atoms with E-state index in [1.807, 2.05) is 0 Å². The summed E-state index contributed by atoms with van der Waals surface area (Å²) in [6.07, 6.45) is -0.296. The molecule has 2 aliphatic heterocycles. The Hall–Kier alpha value is -0.960. The van der Waals surface area contributed by atoms with E-state index < -0.39 is 30.4 Å². The number of nitrogens with one attached hydrogen (secondary N) is 1. The fraction of sp³-hybridized carbons (Fsp3) is 0.636. The molecule has 106 valence electrons. The Bertz CT molecular complexity index is 414. The van der Waals surface area contributed by atoms with E-state index in [2.05, 4.69) is 21.2 Å². The number of hydrogen-bond acceptors (Lipinski definition) is 5. The van der Waals surface area contributed by atoms with E-state index in [1.54, 1.807) is 6.08 Å². The van der Waals surface area contributed by atoms with Crippen LogP contribution in [0.2, 0.25) is 0 Å². The molecule has 2 saturated heterocycles. The number of halogens is 1. The third-order valence-electron chi connectivity index (χ3n) is 3.11. The smallest absolute Gasteiger partial charge is 0.326 e. The molecule has 0 aliphatic carbocycles. The zero-order chi connectivity index (χ0) is 14.0. The number of aliphatic hydroxyl groups is 2. The van der Waals surface area contributed by atoms with Gasteiger partial charge in [0, 0.05) is 17.3 Å². The molecule has 0 bridgehead atoms. The largest absolute Gasteiger partial charge is 0.394 e. The fourth-order valence-electron chi connectivity index (χ4n) is 2.16. The second kappa shape index (κ2) is 6.00. The minimum absolute atomic E-state index is 0.0795. The summed E-state index contributed by atoms with van der Waals surface area (Å²) in [6.45, 7) is -0.137. The lowest BCUT2D eigenvalue weighted by Gasteiger charge is -2.34. The number of carbonyl (C=O) groups excluding carboxylic acids is 2. The molecule has 2 rings (SSSR count). The predicted molar refractivity (Wildman–Crippen MR) is 68.5 cm³/mol. The number of urea groups is 1.